The molecular weight excluding hydrogens is 284 g/mol. The van der Waals surface area contributed by atoms with E-state index < -0.39 is 0 Å². The molecular formula is C17H19ClN2O. The quantitative estimate of drug-likeness (QED) is 0.919. The van der Waals surface area contributed by atoms with Crippen molar-refractivity contribution in [3.8, 4) is 0 Å². The van der Waals surface area contributed by atoms with Gasteiger partial charge in [-0.2, -0.15) is 0 Å². The van der Waals surface area contributed by atoms with Crippen LogP contribution in [-0.4, -0.2) is 24.9 Å². The van der Waals surface area contributed by atoms with Crippen molar-refractivity contribution in [3.63, 3.8) is 0 Å². The summed E-state index contributed by atoms with van der Waals surface area (Å²) in [5, 5.41) is 3.46. The molecule has 0 atom stereocenters. The Labute approximate surface area is 130 Å². The number of rotatable bonds is 5. The highest BCUT2D eigenvalue weighted by atomic mass is 35.5. The molecule has 2 aromatic carbocycles. The monoisotopic (exact) mass is 302 g/mol. The summed E-state index contributed by atoms with van der Waals surface area (Å²) < 4.78 is 0. The van der Waals surface area contributed by atoms with Gasteiger partial charge in [-0.15, -0.1) is 0 Å². The Kier molecular flexibility index (Phi) is 5.37. The molecule has 0 aliphatic carbocycles. The normalized spacial score (nSPS) is 10.7. The van der Waals surface area contributed by atoms with Crippen molar-refractivity contribution in [1.82, 2.24) is 10.2 Å². The van der Waals surface area contributed by atoms with Crippen molar-refractivity contribution in [2.75, 3.05) is 14.1 Å². The number of halogens is 1. The van der Waals surface area contributed by atoms with Gasteiger partial charge in [0.05, 0.1) is 0 Å². The van der Waals surface area contributed by atoms with E-state index in [9.17, 15) is 4.79 Å². The highest BCUT2D eigenvalue weighted by Crippen LogP contribution is 2.11. The predicted octanol–water partition coefficient (Wildman–Crippen LogP) is 3.33. The van der Waals surface area contributed by atoms with Crippen LogP contribution in [-0.2, 0) is 13.1 Å². The molecule has 21 heavy (non-hydrogen) atoms. The van der Waals surface area contributed by atoms with Crippen LogP contribution in [0.2, 0.25) is 5.02 Å². The van der Waals surface area contributed by atoms with Gasteiger partial charge < -0.3 is 10.2 Å². The van der Waals surface area contributed by atoms with E-state index in [1.54, 1.807) is 24.3 Å². The summed E-state index contributed by atoms with van der Waals surface area (Å²) in [6, 6.07) is 15.2. The molecule has 0 aromatic heterocycles. The molecule has 2 aromatic rings. The fourth-order valence-corrected chi connectivity index (χ4v) is 2.23. The summed E-state index contributed by atoms with van der Waals surface area (Å²) in [7, 11) is 4.08. The third kappa shape index (κ3) is 4.88. The largest absolute Gasteiger partial charge is 0.348 e. The Balaban J connectivity index is 1.92. The maximum absolute atomic E-state index is 12.0. The second kappa shape index (κ2) is 7.25. The number of carbonyl (C=O) groups excluding carboxylic acids is 1. The molecule has 0 unspecified atom stereocenters. The lowest BCUT2D eigenvalue weighted by molar-refractivity contribution is 0.0951. The lowest BCUT2D eigenvalue weighted by Crippen LogP contribution is -2.22. The van der Waals surface area contributed by atoms with Crippen LogP contribution >= 0.6 is 11.6 Å². The van der Waals surface area contributed by atoms with Crippen molar-refractivity contribution >= 4 is 17.5 Å². The van der Waals surface area contributed by atoms with Crippen molar-refractivity contribution in [2.45, 2.75) is 13.1 Å². The predicted molar refractivity (Wildman–Crippen MR) is 86.5 cm³/mol. The molecule has 1 amide bonds. The van der Waals surface area contributed by atoms with Gasteiger partial charge in [-0.25, -0.2) is 0 Å². The zero-order valence-electron chi connectivity index (χ0n) is 12.3. The molecule has 0 saturated carbocycles. The summed E-state index contributed by atoms with van der Waals surface area (Å²) in [4.78, 5) is 14.1. The lowest BCUT2D eigenvalue weighted by Gasteiger charge is -2.10. The number of benzene rings is 2. The summed E-state index contributed by atoms with van der Waals surface area (Å²) in [6.07, 6.45) is 0. The first-order valence-corrected chi connectivity index (χ1v) is 7.19. The highest BCUT2D eigenvalue weighted by Gasteiger charge is 2.05. The van der Waals surface area contributed by atoms with Gasteiger partial charge in [0.2, 0.25) is 0 Å². The molecule has 110 valence electrons. The number of carbonyl (C=O) groups is 1. The molecule has 0 fully saturated rings. The van der Waals surface area contributed by atoms with E-state index in [-0.39, 0.29) is 5.91 Å². The Morgan fingerprint density at radius 2 is 1.76 bits per heavy atom. The molecule has 0 radical (unpaired) electrons. The van der Waals surface area contributed by atoms with E-state index in [0.717, 1.165) is 12.1 Å². The van der Waals surface area contributed by atoms with Crippen LogP contribution in [0.15, 0.2) is 48.5 Å². The van der Waals surface area contributed by atoms with Crippen molar-refractivity contribution < 1.29 is 4.79 Å². The number of nitrogens with zero attached hydrogens (tertiary/aromatic N) is 1. The van der Waals surface area contributed by atoms with E-state index in [1.165, 1.54) is 5.56 Å². The summed E-state index contributed by atoms with van der Waals surface area (Å²) in [5.74, 6) is -0.116. The Hall–Kier alpha value is -1.84. The van der Waals surface area contributed by atoms with E-state index in [1.807, 2.05) is 26.2 Å². The molecule has 0 aliphatic rings. The first-order chi connectivity index (χ1) is 10.0. The third-order valence-corrected chi connectivity index (χ3v) is 3.30. The van der Waals surface area contributed by atoms with Gasteiger partial charge >= 0.3 is 0 Å². The smallest absolute Gasteiger partial charge is 0.251 e. The average molecular weight is 303 g/mol. The van der Waals surface area contributed by atoms with Crippen LogP contribution in [0.4, 0.5) is 0 Å². The molecule has 0 heterocycles. The van der Waals surface area contributed by atoms with Crippen LogP contribution in [0.5, 0.6) is 0 Å². The maximum atomic E-state index is 12.0. The van der Waals surface area contributed by atoms with Gasteiger partial charge in [0, 0.05) is 23.7 Å². The molecule has 1 N–H and O–H groups in total. The fraction of sp³-hybridized carbons (Fsp3) is 0.235. The van der Waals surface area contributed by atoms with Crippen molar-refractivity contribution in [3.05, 3.63) is 70.2 Å². The van der Waals surface area contributed by atoms with Crippen molar-refractivity contribution in [1.29, 1.82) is 0 Å². The van der Waals surface area contributed by atoms with Crippen LogP contribution < -0.4 is 5.32 Å². The van der Waals surface area contributed by atoms with Gasteiger partial charge in [-0.3, -0.25) is 4.79 Å². The third-order valence-electron chi connectivity index (χ3n) is 3.06. The summed E-state index contributed by atoms with van der Waals surface area (Å²) >= 11 is 5.88. The lowest BCUT2D eigenvalue weighted by atomic mass is 10.1. The first kappa shape index (κ1) is 15.5. The molecule has 3 nitrogen and oxygen atoms in total. The van der Waals surface area contributed by atoms with Crippen LogP contribution in [0.25, 0.3) is 0 Å². The molecule has 0 bridgehead atoms. The molecule has 0 spiro atoms. The Morgan fingerprint density at radius 1 is 1.10 bits per heavy atom. The Morgan fingerprint density at radius 3 is 2.38 bits per heavy atom. The van der Waals surface area contributed by atoms with E-state index in [0.29, 0.717) is 17.1 Å². The number of hydrogen-bond acceptors (Lipinski definition) is 2. The molecule has 2 rings (SSSR count). The van der Waals surface area contributed by atoms with E-state index in [2.05, 4.69) is 22.3 Å². The molecule has 0 saturated heterocycles. The van der Waals surface area contributed by atoms with Gasteiger partial charge in [0.25, 0.3) is 5.91 Å². The number of amides is 1. The molecule has 0 aliphatic heterocycles. The van der Waals surface area contributed by atoms with Gasteiger partial charge in [-0.1, -0.05) is 41.9 Å². The number of nitrogens with one attached hydrogen (secondary N) is 1. The fourth-order valence-electron chi connectivity index (χ4n) is 2.04. The van der Waals surface area contributed by atoms with Crippen LogP contribution in [0, 0.1) is 0 Å². The zero-order chi connectivity index (χ0) is 15.2. The number of hydrogen-bond donors (Lipinski definition) is 1. The Bertz CT molecular complexity index is 608. The van der Waals surface area contributed by atoms with Crippen LogP contribution in [0.1, 0.15) is 21.5 Å². The topological polar surface area (TPSA) is 32.3 Å². The minimum atomic E-state index is -0.116. The van der Waals surface area contributed by atoms with Crippen molar-refractivity contribution in [2.24, 2.45) is 0 Å². The second-order valence-corrected chi connectivity index (χ2v) is 5.68. The maximum Gasteiger partial charge on any atom is 0.251 e. The van der Waals surface area contributed by atoms with Gasteiger partial charge in [0.1, 0.15) is 0 Å². The van der Waals surface area contributed by atoms with Gasteiger partial charge in [0.15, 0.2) is 0 Å². The summed E-state index contributed by atoms with van der Waals surface area (Å²) in [5.41, 5.74) is 2.91. The van der Waals surface area contributed by atoms with E-state index >= 15 is 0 Å². The van der Waals surface area contributed by atoms with E-state index in [4.69, 9.17) is 11.6 Å². The average Bonchev–Trinajstić information content (AvgIpc) is 2.45. The first-order valence-electron chi connectivity index (χ1n) is 6.81. The second-order valence-electron chi connectivity index (χ2n) is 5.25. The minimum Gasteiger partial charge on any atom is -0.348 e. The van der Waals surface area contributed by atoms with Crippen LogP contribution in [0.3, 0.4) is 0 Å². The standard InChI is InChI=1S/C17H19ClN2O/c1-20(2)12-14-8-6-13(7-9-14)11-19-17(21)15-4-3-5-16(18)10-15/h3-10H,11-12H2,1-2H3,(H,19,21). The minimum absolute atomic E-state index is 0.116. The van der Waals surface area contributed by atoms with Gasteiger partial charge in [-0.05, 0) is 43.4 Å². The molecule has 4 heteroatoms. The SMILES string of the molecule is CN(C)Cc1ccc(CNC(=O)c2cccc(Cl)c2)cc1. The highest BCUT2D eigenvalue weighted by molar-refractivity contribution is 6.30. The zero-order valence-corrected chi connectivity index (χ0v) is 13.0. The summed E-state index contributed by atoms with van der Waals surface area (Å²) in [6.45, 7) is 1.42.